The summed E-state index contributed by atoms with van der Waals surface area (Å²) in [6.45, 7) is 2.63. The Hall–Kier alpha value is -2.64. The molecule has 0 fully saturated rings. The zero-order chi connectivity index (χ0) is 23.1. The molecule has 1 unspecified atom stereocenters. The predicted molar refractivity (Wildman–Crippen MR) is 128 cm³/mol. The standard InChI is InChI=1S/C24H27ClN2O4S/c1-3-4-13-26-15-22(28)27(24(26)30)14-19(23(29)31-2)16-32-21-11-7-18(8-12-21)17-5-9-20(25)10-6-17/h5-12,15,19,28H,3-4,13-14,16H2,1-2H3. The second-order valence-electron chi connectivity index (χ2n) is 7.49. The number of esters is 1. The maximum absolute atomic E-state index is 12.6. The van der Waals surface area contributed by atoms with Crippen LogP contribution in [0.4, 0.5) is 0 Å². The summed E-state index contributed by atoms with van der Waals surface area (Å²) in [7, 11) is 1.33. The van der Waals surface area contributed by atoms with Crippen LogP contribution in [0.1, 0.15) is 19.8 Å². The van der Waals surface area contributed by atoms with Crippen molar-refractivity contribution in [1.29, 1.82) is 0 Å². The Labute approximate surface area is 196 Å². The first-order valence-electron chi connectivity index (χ1n) is 10.5. The second-order valence-corrected chi connectivity index (χ2v) is 9.02. The predicted octanol–water partition coefficient (Wildman–Crippen LogP) is 5.06. The molecule has 0 saturated heterocycles. The average molecular weight is 475 g/mol. The number of halogens is 1. The van der Waals surface area contributed by atoms with Crippen LogP contribution in [-0.2, 0) is 22.6 Å². The molecule has 0 aliphatic rings. The van der Waals surface area contributed by atoms with Crippen molar-refractivity contribution in [1.82, 2.24) is 9.13 Å². The molecule has 0 bridgehead atoms. The molecule has 0 saturated carbocycles. The Morgan fingerprint density at radius 2 is 1.75 bits per heavy atom. The minimum atomic E-state index is -0.577. The molecular weight excluding hydrogens is 448 g/mol. The molecule has 32 heavy (non-hydrogen) atoms. The molecule has 0 aliphatic heterocycles. The number of nitrogens with zero attached hydrogens (tertiary/aromatic N) is 2. The lowest BCUT2D eigenvalue weighted by atomic mass is 10.1. The first-order chi connectivity index (χ1) is 15.4. The van der Waals surface area contributed by atoms with Crippen molar-refractivity contribution in [3.05, 3.63) is 70.2 Å². The van der Waals surface area contributed by atoms with E-state index in [4.69, 9.17) is 16.3 Å². The molecule has 0 amide bonds. The molecule has 1 atom stereocenters. The van der Waals surface area contributed by atoms with Gasteiger partial charge >= 0.3 is 11.7 Å². The third kappa shape index (κ3) is 5.99. The van der Waals surface area contributed by atoms with Crippen LogP contribution in [0.3, 0.4) is 0 Å². The number of carbonyl (C=O) groups is 1. The van der Waals surface area contributed by atoms with Gasteiger partial charge in [-0.1, -0.05) is 49.2 Å². The lowest BCUT2D eigenvalue weighted by Gasteiger charge is -2.15. The summed E-state index contributed by atoms with van der Waals surface area (Å²) in [4.78, 5) is 26.0. The van der Waals surface area contributed by atoms with Crippen LogP contribution >= 0.6 is 23.4 Å². The van der Waals surface area contributed by atoms with Crippen molar-refractivity contribution in [2.24, 2.45) is 5.92 Å². The van der Waals surface area contributed by atoms with Crippen LogP contribution < -0.4 is 5.69 Å². The number of rotatable bonds is 10. The smallest absolute Gasteiger partial charge is 0.331 e. The van der Waals surface area contributed by atoms with Crippen molar-refractivity contribution >= 4 is 29.3 Å². The number of methoxy groups -OCH3 is 1. The van der Waals surface area contributed by atoms with Gasteiger partial charge in [0.05, 0.1) is 19.2 Å². The molecule has 1 heterocycles. The van der Waals surface area contributed by atoms with Crippen molar-refractivity contribution < 1.29 is 14.6 Å². The molecule has 0 spiro atoms. The Balaban J connectivity index is 1.69. The average Bonchev–Trinajstić information content (AvgIpc) is 3.08. The van der Waals surface area contributed by atoms with E-state index < -0.39 is 11.9 Å². The van der Waals surface area contributed by atoms with Crippen LogP contribution in [0, 0.1) is 5.92 Å². The van der Waals surface area contributed by atoms with Gasteiger partial charge in [-0.25, -0.2) is 4.79 Å². The van der Waals surface area contributed by atoms with E-state index in [0.29, 0.717) is 17.3 Å². The first kappa shape index (κ1) is 24.0. The molecule has 3 aromatic rings. The zero-order valence-corrected chi connectivity index (χ0v) is 19.7. The lowest BCUT2D eigenvalue weighted by Crippen LogP contribution is -2.31. The second kappa shape index (κ2) is 11.3. The van der Waals surface area contributed by atoms with Crippen LogP contribution in [0.5, 0.6) is 5.88 Å². The van der Waals surface area contributed by atoms with Gasteiger partial charge in [-0.05, 0) is 41.8 Å². The minimum absolute atomic E-state index is 0.0618. The maximum Gasteiger partial charge on any atom is 0.331 e. The van der Waals surface area contributed by atoms with Crippen molar-refractivity contribution in [2.45, 2.75) is 37.8 Å². The number of benzene rings is 2. The third-order valence-corrected chi connectivity index (χ3v) is 6.62. The zero-order valence-electron chi connectivity index (χ0n) is 18.2. The highest BCUT2D eigenvalue weighted by Gasteiger charge is 2.23. The molecule has 1 aromatic heterocycles. The summed E-state index contributed by atoms with van der Waals surface area (Å²) in [5.41, 5.74) is 1.82. The van der Waals surface area contributed by atoms with Gasteiger partial charge in [-0.15, -0.1) is 11.8 Å². The Bertz CT molecular complexity index is 1090. The molecule has 170 valence electrons. The summed E-state index contributed by atoms with van der Waals surface area (Å²) in [6.07, 6.45) is 3.21. The molecule has 0 aliphatic carbocycles. The third-order valence-electron chi connectivity index (χ3n) is 5.20. The SMILES string of the molecule is CCCCn1cc(O)n(CC(CSc2ccc(-c3ccc(Cl)cc3)cc2)C(=O)OC)c1=O. The fourth-order valence-electron chi connectivity index (χ4n) is 3.34. The van der Waals surface area contributed by atoms with E-state index in [1.54, 1.807) is 0 Å². The van der Waals surface area contributed by atoms with Crippen LogP contribution in [0.25, 0.3) is 11.1 Å². The van der Waals surface area contributed by atoms with Gasteiger partial charge in [0.25, 0.3) is 0 Å². The fourth-order valence-corrected chi connectivity index (χ4v) is 4.43. The number of unbranched alkanes of at least 4 members (excludes halogenated alkanes) is 1. The quantitative estimate of drug-likeness (QED) is 0.328. The molecular formula is C24H27ClN2O4S. The number of thioether (sulfide) groups is 1. The molecule has 8 heteroatoms. The summed E-state index contributed by atoms with van der Waals surface area (Å²) in [5.74, 6) is -0.717. The number of ether oxygens (including phenoxy) is 1. The normalized spacial score (nSPS) is 12.0. The van der Waals surface area contributed by atoms with Gasteiger partial charge in [0.2, 0.25) is 5.88 Å². The minimum Gasteiger partial charge on any atom is -0.493 e. The Morgan fingerprint density at radius 3 is 2.34 bits per heavy atom. The molecule has 6 nitrogen and oxygen atoms in total. The van der Waals surface area contributed by atoms with Gasteiger partial charge in [-0.3, -0.25) is 13.9 Å². The van der Waals surface area contributed by atoms with E-state index >= 15 is 0 Å². The molecule has 3 rings (SSSR count). The Morgan fingerprint density at radius 1 is 1.12 bits per heavy atom. The van der Waals surface area contributed by atoms with E-state index in [-0.39, 0.29) is 18.1 Å². The fraction of sp³-hybridized carbons (Fsp3) is 0.333. The molecule has 1 N–H and O–H groups in total. The van der Waals surface area contributed by atoms with Gasteiger partial charge in [0, 0.05) is 28.8 Å². The van der Waals surface area contributed by atoms with Crippen molar-refractivity contribution in [3.8, 4) is 17.0 Å². The summed E-state index contributed by atoms with van der Waals surface area (Å²) < 4.78 is 7.66. The number of aromatic nitrogens is 2. The van der Waals surface area contributed by atoms with Gasteiger partial charge in [0.15, 0.2) is 0 Å². The number of aromatic hydroxyl groups is 1. The van der Waals surface area contributed by atoms with Crippen LogP contribution in [-0.4, -0.2) is 33.1 Å². The van der Waals surface area contributed by atoms with E-state index in [1.165, 1.54) is 34.2 Å². The number of carbonyl (C=O) groups excluding carboxylic acids is 1. The Kier molecular flexibility index (Phi) is 8.47. The van der Waals surface area contributed by atoms with Crippen molar-refractivity contribution in [2.75, 3.05) is 12.9 Å². The van der Waals surface area contributed by atoms with Crippen molar-refractivity contribution in [3.63, 3.8) is 0 Å². The maximum atomic E-state index is 12.6. The monoisotopic (exact) mass is 474 g/mol. The molecule has 2 aromatic carbocycles. The van der Waals surface area contributed by atoms with Crippen LogP contribution in [0.2, 0.25) is 5.02 Å². The first-order valence-corrected chi connectivity index (χ1v) is 11.8. The molecule has 0 radical (unpaired) electrons. The van der Waals surface area contributed by atoms with Gasteiger partial charge in [0.1, 0.15) is 0 Å². The van der Waals surface area contributed by atoms with E-state index in [2.05, 4.69) is 0 Å². The highest BCUT2D eigenvalue weighted by atomic mass is 35.5. The van der Waals surface area contributed by atoms with Crippen LogP contribution in [0.15, 0.2) is 64.4 Å². The highest BCUT2D eigenvalue weighted by molar-refractivity contribution is 7.99. The van der Waals surface area contributed by atoms with E-state index in [1.807, 2.05) is 55.5 Å². The van der Waals surface area contributed by atoms with E-state index in [0.717, 1.165) is 28.9 Å². The van der Waals surface area contributed by atoms with Gasteiger partial charge < -0.3 is 9.84 Å². The highest BCUT2D eigenvalue weighted by Crippen LogP contribution is 2.27. The summed E-state index contributed by atoms with van der Waals surface area (Å²) >= 11 is 7.46. The number of imidazole rings is 1. The lowest BCUT2D eigenvalue weighted by molar-refractivity contribution is -0.145. The number of hydrogen-bond acceptors (Lipinski definition) is 5. The van der Waals surface area contributed by atoms with E-state index in [9.17, 15) is 14.7 Å². The number of aryl methyl sites for hydroxylation is 1. The summed E-state index contributed by atoms with van der Waals surface area (Å²) in [6, 6.07) is 15.7. The largest absolute Gasteiger partial charge is 0.493 e. The number of hydrogen-bond donors (Lipinski definition) is 1. The topological polar surface area (TPSA) is 73.5 Å². The van der Waals surface area contributed by atoms with Gasteiger partial charge in [-0.2, -0.15) is 0 Å². The summed E-state index contributed by atoms with van der Waals surface area (Å²) in [5, 5.41) is 10.9.